The van der Waals surface area contributed by atoms with Gasteiger partial charge in [-0.3, -0.25) is 9.59 Å². The number of amides is 1. The number of hydrogen-bond acceptors (Lipinski definition) is 5. The van der Waals surface area contributed by atoms with Crippen LogP contribution in [0.3, 0.4) is 0 Å². The highest BCUT2D eigenvalue weighted by molar-refractivity contribution is 5.88. The number of nitriles is 1. The highest BCUT2D eigenvalue weighted by Crippen LogP contribution is 2.50. The summed E-state index contributed by atoms with van der Waals surface area (Å²) >= 11 is 0. The Bertz CT molecular complexity index is 773. The molecule has 0 bridgehead atoms. The fraction of sp³-hybridized carbons (Fsp3) is 0.526. The van der Waals surface area contributed by atoms with Gasteiger partial charge in [0.2, 0.25) is 5.91 Å². The van der Waals surface area contributed by atoms with Gasteiger partial charge in [0.25, 0.3) is 5.72 Å². The number of rotatable bonds is 5. The fourth-order valence-corrected chi connectivity index (χ4v) is 3.49. The van der Waals surface area contributed by atoms with E-state index in [0.29, 0.717) is 0 Å². The van der Waals surface area contributed by atoms with Crippen LogP contribution >= 0.6 is 0 Å². The molecule has 1 aromatic carbocycles. The standard InChI is InChI=1S/C19H21F3N2O4/c1-4-27-17(26)15-14(12-8-6-11(3)7-9-12)13(10-23)16(25)24-18(15,28-5-2)19(20,21)22/h6-9,13-15H,4-5H2,1-3H3,(H,24,25). The van der Waals surface area contributed by atoms with E-state index in [2.05, 4.69) is 0 Å². The molecule has 152 valence electrons. The van der Waals surface area contributed by atoms with Crippen LogP contribution < -0.4 is 5.32 Å². The van der Waals surface area contributed by atoms with Crippen LogP contribution in [0, 0.1) is 30.1 Å². The maximum atomic E-state index is 14.2. The zero-order valence-electron chi connectivity index (χ0n) is 15.7. The molecule has 6 nitrogen and oxygen atoms in total. The number of piperidine rings is 1. The van der Waals surface area contributed by atoms with E-state index in [9.17, 15) is 28.0 Å². The van der Waals surface area contributed by atoms with Crippen molar-refractivity contribution in [3.05, 3.63) is 35.4 Å². The highest BCUT2D eigenvalue weighted by Gasteiger charge is 2.70. The van der Waals surface area contributed by atoms with Crippen molar-refractivity contribution in [3.63, 3.8) is 0 Å². The van der Waals surface area contributed by atoms with Gasteiger partial charge in [-0.2, -0.15) is 18.4 Å². The zero-order chi connectivity index (χ0) is 21.1. The third-order valence-electron chi connectivity index (χ3n) is 4.68. The van der Waals surface area contributed by atoms with Crippen LogP contribution in [0.25, 0.3) is 0 Å². The minimum absolute atomic E-state index is 0.165. The molecule has 1 aromatic rings. The molecule has 1 heterocycles. The number of carbonyl (C=O) groups is 2. The van der Waals surface area contributed by atoms with Crippen LogP contribution in [-0.2, 0) is 19.1 Å². The Labute approximate surface area is 160 Å². The average Bonchev–Trinajstić information content (AvgIpc) is 2.61. The third-order valence-corrected chi connectivity index (χ3v) is 4.68. The predicted octanol–water partition coefficient (Wildman–Crippen LogP) is 2.82. The zero-order valence-corrected chi connectivity index (χ0v) is 15.7. The lowest BCUT2D eigenvalue weighted by molar-refractivity contribution is -0.313. The second-order valence-corrected chi connectivity index (χ2v) is 6.43. The molecule has 1 saturated heterocycles. The summed E-state index contributed by atoms with van der Waals surface area (Å²) in [5, 5.41) is 11.3. The van der Waals surface area contributed by atoms with E-state index in [4.69, 9.17) is 9.47 Å². The van der Waals surface area contributed by atoms with E-state index in [1.165, 1.54) is 26.0 Å². The highest BCUT2D eigenvalue weighted by atomic mass is 19.4. The van der Waals surface area contributed by atoms with E-state index in [-0.39, 0.29) is 12.2 Å². The van der Waals surface area contributed by atoms with Crippen LogP contribution in [-0.4, -0.2) is 37.0 Å². The maximum Gasteiger partial charge on any atom is 0.437 e. The number of esters is 1. The number of benzene rings is 1. The summed E-state index contributed by atoms with van der Waals surface area (Å²) in [5.74, 6) is -7.25. The van der Waals surface area contributed by atoms with Gasteiger partial charge in [0, 0.05) is 12.5 Å². The van der Waals surface area contributed by atoms with Gasteiger partial charge < -0.3 is 14.8 Å². The molecule has 1 amide bonds. The van der Waals surface area contributed by atoms with E-state index in [1.54, 1.807) is 30.4 Å². The van der Waals surface area contributed by atoms with Crippen molar-refractivity contribution in [3.8, 4) is 6.07 Å². The van der Waals surface area contributed by atoms with Gasteiger partial charge in [0.1, 0.15) is 11.8 Å². The Morgan fingerprint density at radius 2 is 1.86 bits per heavy atom. The molecule has 4 atom stereocenters. The molecule has 1 aliphatic rings. The van der Waals surface area contributed by atoms with Crippen molar-refractivity contribution < 1.29 is 32.2 Å². The molecule has 9 heteroatoms. The van der Waals surface area contributed by atoms with E-state index >= 15 is 0 Å². The first-order valence-corrected chi connectivity index (χ1v) is 8.78. The lowest BCUT2D eigenvalue weighted by Gasteiger charge is -2.48. The molecule has 1 N–H and O–H groups in total. The summed E-state index contributed by atoms with van der Waals surface area (Å²) in [6, 6.07) is 8.00. The molecular formula is C19H21F3N2O4. The summed E-state index contributed by atoms with van der Waals surface area (Å²) in [7, 11) is 0. The molecule has 0 aliphatic carbocycles. The van der Waals surface area contributed by atoms with E-state index < -0.39 is 48.1 Å². The Balaban J connectivity index is 2.77. The molecule has 1 fully saturated rings. The van der Waals surface area contributed by atoms with E-state index in [0.717, 1.165) is 5.56 Å². The maximum absolute atomic E-state index is 14.2. The molecule has 0 saturated carbocycles. The number of hydrogen-bond donors (Lipinski definition) is 1. The third kappa shape index (κ3) is 3.69. The fourth-order valence-electron chi connectivity index (χ4n) is 3.49. The van der Waals surface area contributed by atoms with Gasteiger partial charge in [-0.1, -0.05) is 29.8 Å². The number of aryl methyl sites for hydroxylation is 1. The van der Waals surface area contributed by atoms with Crippen LogP contribution in [0.15, 0.2) is 24.3 Å². The molecule has 2 rings (SSSR count). The van der Waals surface area contributed by atoms with Crippen molar-refractivity contribution in [2.24, 2.45) is 11.8 Å². The van der Waals surface area contributed by atoms with Gasteiger partial charge in [-0.25, -0.2) is 0 Å². The van der Waals surface area contributed by atoms with Crippen molar-refractivity contribution in [1.82, 2.24) is 5.32 Å². The summed E-state index contributed by atoms with van der Waals surface area (Å²) in [5.41, 5.74) is -2.22. The van der Waals surface area contributed by atoms with Crippen molar-refractivity contribution in [2.45, 2.75) is 38.6 Å². The Hall–Kier alpha value is -2.60. The smallest absolute Gasteiger partial charge is 0.437 e. The Morgan fingerprint density at radius 1 is 1.25 bits per heavy atom. The van der Waals surface area contributed by atoms with Gasteiger partial charge in [-0.05, 0) is 26.3 Å². The van der Waals surface area contributed by atoms with Gasteiger partial charge in [0.15, 0.2) is 0 Å². The average molecular weight is 398 g/mol. The number of nitrogens with zero attached hydrogens (tertiary/aromatic N) is 1. The van der Waals surface area contributed by atoms with Crippen molar-refractivity contribution in [2.75, 3.05) is 13.2 Å². The normalized spacial score (nSPS) is 27.6. The van der Waals surface area contributed by atoms with Gasteiger partial charge in [0.05, 0.1) is 12.7 Å². The molecule has 4 unspecified atom stereocenters. The minimum atomic E-state index is -5.13. The monoisotopic (exact) mass is 398 g/mol. The van der Waals surface area contributed by atoms with Crippen LogP contribution in [0.5, 0.6) is 0 Å². The summed E-state index contributed by atoms with van der Waals surface area (Å²) in [6.45, 7) is 3.97. The predicted molar refractivity (Wildman–Crippen MR) is 91.7 cm³/mol. The molecular weight excluding hydrogens is 377 g/mol. The first-order valence-electron chi connectivity index (χ1n) is 8.78. The second-order valence-electron chi connectivity index (χ2n) is 6.43. The largest absolute Gasteiger partial charge is 0.466 e. The SMILES string of the molecule is CCOC(=O)C1C(c2ccc(C)cc2)C(C#N)C(=O)NC1(OCC)C(F)(F)F. The van der Waals surface area contributed by atoms with Crippen LogP contribution in [0.2, 0.25) is 0 Å². The van der Waals surface area contributed by atoms with E-state index in [1.807, 2.05) is 0 Å². The van der Waals surface area contributed by atoms with Crippen LogP contribution in [0.1, 0.15) is 30.9 Å². The lowest BCUT2D eigenvalue weighted by atomic mass is 9.68. The quantitative estimate of drug-likeness (QED) is 0.771. The minimum Gasteiger partial charge on any atom is -0.466 e. The van der Waals surface area contributed by atoms with Gasteiger partial charge >= 0.3 is 12.1 Å². The number of ether oxygens (including phenoxy) is 2. The molecule has 1 aliphatic heterocycles. The molecule has 0 aromatic heterocycles. The summed E-state index contributed by atoms with van der Waals surface area (Å²) in [6.07, 6.45) is -5.13. The number of carbonyl (C=O) groups excluding carboxylic acids is 2. The second kappa shape index (κ2) is 8.19. The Morgan fingerprint density at radius 3 is 2.32 bits per heavy atom. The molecule has 0 spiro atoms. The van der Waals surface area contributed by atoms with Crippen molar-refractivity contribution in [1.29, 1.82) is 5.26 Å². The van der Waals surface area contributed by atoms with Crippen molar-refractivity contribution >= 4 is 11.9 Å². The topological polar surface area (TPSA) is 88.4 Å². The van der Waals surface area contributed by atoms with Crippen LogP contribution in [0.4, 0.5) is 13.2 Å². The lowest BCUT2D eigenvalue weighted by Crippen LogP contribution is -2.72. The first-order chi connectivity index (χ1) is 13.1. The first kappa shape index (κ1) is 21.7. The molecule has 28 heavy (non-hydrogen) atoms. The number of nitrogens with one attached hydrogen (secondary N) is 1. The summed E-state index contributed by atoms with van der Waals surface area (Å²) in [4.78, 5) is 25.2. The van der Waals surface area contributed by atoms with Gasteiger partial charge in [-0.15, -0.1) is 0 Å². The molecule has 0 radical (unpaired) electrons. The summed E-state index contributed by atoms with van der Waals surface area (Å²) < 4.78 is 52.4. The number of halogens is 3. The number of alkyl halides is 3. The Kier molecular flexibility index (Phi) is 6.34.